The maximum atomic E-state index is 5.37. The van der Waals surface area contributed by atoms with Gasteiger partial charge in [0.15, 0.2) is 0 Å². The minimum atomic E-state index is 0.802. The number of rotatable bonds is 5. The van der Waals surface area contributed by atoms with E-state index in [0.717, 1.165) is 32.0 Å². The maximum absolute atomic E-state index is 5.37. The second-order valence-electron chi connectivity index (χ2n) is 3.16. The summed E-state index contributed by atoms with van der Waals surface area (Å²) in [6.07, 6.45) is 8.16. The van der Waals surface area contributed by atoms with Crippen molar-refractivity contribution < 1.29 is 0 Å². The third kappa shape index (κ3) is 3.54. The van der Waals surface area contributed by atoms with E-state index < -0.39 is 0 Å². The Morgan fingerprint density at radius 1 is 1.36 bits per heavy atom. The number of allylic oxidation sites excluding steroid dienone is 2. The van der Waals surface area contributed by atoms with Crippen molar-refractivity contribution in [2.45, 2.75) is 19.3 Å². The molecule has 64 valence electrons. The monoisotopic (exact) mass is 154 g/mol. The van der Waals surface area contributed by atoms with Gasteiger partial charge >= 0.3 is 0 Å². The summed E-state index contributed by atoms with van der Waals surface area (Å²) in [5.74, 6) is 0.854. The summed E-state index contributed by atoms with van der Waals surface area (Å²) < 4.78 is 0. The highest BCUT2D eigenvalue weighted by atomic mass is 14.9. The van der Waals surface area contributed by atoms with Gasteiger partial charge in [-0.2, -0.15) is 0 Å². The number of nitrogens with two attached hydrogens (primary N) is 1. The van der Waals surface area contributed by atoms with Gasteiger partial charge in [0, 0.05) is 0 Å². The van der Waals surface area contributed by atoms with Crippen LogP contribution < -0.4 is 11.1 Å². The summed E-state index contributed by atoms with van der Waals surface area (Å²) in [6.45, 7) is 3.04. The maximum Gasteiger partial charge on any atom is -0.00146 e. The summed E-state index contributed by atoms with van der Waals surface area (Å²) in [7, 11) is 0. The summed E-state index contributed by atoms with van der Waals surface area (Å²) in [5, 5.41) is 3.41. The van der Waals surface area contributed by atoms with Gasteiger partial charge in [0.05, 0.1) is 0 Å². The summed E-state index contributed by atoms with van der Waals surface area (Å²) in [4.78, 5) is 0. The van der Waals surface area contributed by atoms with E-state index >= 15 is 0 Å². The fraction of sp³-hybridized carbons (Fsp3) is 0.778. The molecule has 0 saturated carbocycles. The van der Waals surface area contributed by atoms with Gasteiger partial charge in [0.1, 0.15) is 0 Å². The van der Waals surface area contributed by atoms with E-state index in [9.17, 15) is 0 Å². The predicted molar refractivity (Wildman–Crippen MR) is 48.4 cm³/mol. The Hall–Kier alpha value is -0.340. The molecule has 0 aromatic rings. The largest absolute Gasteiger partial charge is 0.330 e. The van der Waals surface area contributed by atoms with Crippen LogP contribution >= 0.6 is 0 Å². The van der Waals surface area contributed by atoms with Crippen molar-refractivity contribution in [1.29, 1.82) is 0 Å². The van der Waals surface area contributed by atoms with Gasteiger partial charge in [-0.3, -0.25) is 0 Å². The van der Waals surface area contributed by atoms with Crippen LogP contribution in [0.4, 0.5) is 0 Å². The van der Waals surface area contributed by atoms with Crippen molar-refractivity contribution in [3.8, 4) is 0 Å². The molecule has 11 heavy (non-hydrogen) atoms. The van der Waals surface area contributed by atoms with E-state index in [1.54, 1.807) is 0 Å². The Morgan fingerprint density at radius 3 is 2.73 bits per heavy atom. The van der Waals surface area contributed by atoms with E-state index in [2.05, 4.69) is 17.5 Å². The Labute approximate surface area is 68.9 Å². The van der Waals surface area contributed by atoms with Crippen LogP contribution in [0, 0.1) is 5.92 Å². The van der Waals surface area contributed by atoms with Crippen molar-refractivity contribution in [2.24, 2.45) is 11.7 Å². The van der Waals surface area contributed by atoms with Crippen molar-refractivity contribution in [3.05, 3.63) is 12.2 Å². The van der Waals surface area contributed by atoms with Crippen molar-refractivity contribution in [3.63, 3.8) is 0 Å². The minimum absolute atomic E-state index is 0.802. The van der Waals surface area contributed by atoms with Crippen molar-refractivity contribution in [2.75, 3.05) is 19.6 Å². The molecule has 0 heterocycles. The highest BCUT2D eigenvalue weighted by molar-refractivity contribution is 4.94. The van der Waals surface area contributed by atoms with Crippen LogP contribution in [0.1, 0.15) is 19.3 Å². The Morgan fingerprint density at radius 2 is 2.09 bits per heavy atom. The molecule has 0 amide bonds. The highest BCUT2D eigenvalue weighted by Crippen LogP contribution is 2.15. The van der Waals surface area contributed by atoms with E-state index in [1.165, 1.54) is 12.8 Å². The number of nitrogens with one attached hydrogen (secondary N) is 1. The molecular formula is C9H18N2. The molecule has 3 N–H and O–H groups in total. The smallest absolute Gasteiger partial charge is 0.00146 e. The second kappa shape index (κ2) is 5.33. The fourth-order valence-corrected chi connectivity index (χ4v) is 1.37. The molecule has 0 atom stereocenters. The van der Waals surface area contributed by atoms with Gasteiger partial charge in [0.25, 0.3) is 0 Å². The third-order valence-corrected chi connectivity index (χ3v) is 2.10. The van der Waals surface area contributed by atoms with Gasteiger partial charge in [-0.25, -0.2) is 0 Å². The SMILES string of the molecule is NCCCNCC1CC=CC1. The van der Waals surface area contributed by atoms with E-state index in [-0.39, 0.29) is 0 Å². The molecule has 0 fully saturated rings. The molecule has 2 heteroatoms. The molecule has 2 nitrogen and oxygen atoms in total. The molecule has 0 unspecified atom stereocenters. The second-order valence-corrected chi connectivity index (χ2v) is 3.16. The van der Waals surface area contributed by atoms with Gasteiger partial charge in [-0.1, -0.05) is 12.2 Å². The highest BCUT2D eigenvalue weighted by Gasteiger charge is 2.08. The Balaban J connectivity index is 1.87. The van der Waals surface area contributed by atoms with Crippen LogP contribution in [0.2, 0.25) is 0 Å². The lowest BCUT2D eigenvalue weighted by Gasteiger charge is -2.09. The molecule has 0 aromatic heterocycles. The zero-order valence-corrected chi connectivity index (χ0v) is 7.05. The summed E-state index contributed by atoms with van der Waals surface area (Å²) in [5.41, 5.74) is 5.37. The average Bonchev–Trinajstić information content (AvgIpc) is 2.50. The first-order valence-electron chi connectivity index (χ1n) is 4.49. The first-order chi connectivity index (χ1) is 5.43. The lowest BCUT2D eigenvalue weighted by atomic mass is 10.1. The quantitative estimate of drug-likeness (QED) is 0.456. The zero-order chi connectivity index (χ0) is 7.94. The molecule has 0 saturated heterocycles. The third-order valence-electron chi connectivity index (χ3n) is 2.10. The molecule has 0 aliphatic heterocycles. The van der Waals surface area contributed by atoms with Gasteiger partial charge < -0.3 is 11.1 Å². The zero-order valence-electron chi connectivity index (χ0n) is 7.05. The molecule has 1 rings (SSSR count). The van der Waals surface area contributed by atoms with Crippen LogP contribution in [0.5, 0.6) is 0 Å². The Kier molecular flexibility index (Phi) is 4.24. The normalized spacial score (nSPS) is 17.9. The van der Waals surface area contributed by atoms with Crippen LogP contribution in [0.25, 0.3) is 0 Å². The van der Waals surface area contributed by atoms with Crippen LogP contribution in [-0.4, -0.2) is 19.6 Å². The molecule has 0 radical (unpaired) electrons. The van der Waals surface area contributed by atoms with E-state index in [1.807, 2.05) is 0 Å². The van der Waals surface area contributed by atoms with Gasteiger partial charge in [0.2, 0.25) is 0 Å². The predicted octanol–water partition coefficient (Wildman–Crippen LogP) is 0.891. The lowest BCUT2D eigenvalue weighted by molar-refractivity contribution is 0.500. The number of hydrogen-bond acceptors (Lipinski definition) is 2. The average molecular weight is 154 g/mol. The Bertz CT molecular complexity index is 113. The van der Waals surface area contributed by atoms with Crippen molar-refractivity contribution >= 4 is 0 Å². The number of hydrogen-bond donors (Lipinski definition) is 2. The lowest BCUT2D eigenvalue weighted by Crippen LogP contribution is -2.23. The molecular weight excluding hydrogens is 136 g/mol. The van der Waals surface area contributed by atoms with Crippen LogP contribution in [0.15, 0.2) is 12.2 Å². The molecule has 0 spiro atoms. The van der Waals surface area contributed by atoms with Crippen LogP contribution in [-0.2, 0) is 0 Å². The first-order valence-corrected chi connectivity index (χ1v) is 4.49. The minimum Gasteiger partial charge on any atom is -0.330 e. The van der Waals surface area contributed by atoms with Gasteiger partial charge in [-0.05, 0) is 44.8 Å². The molecule has 0 bridgehead atoms. The fourth-order valence-electron chi connectivity index (χ4n) is 1.37. The van der Waals surface area contributed by atoms with Gasteiger partial charge in [-0.15, -0.1) is 0 Å². The van der Waals surface area contributed by atoms with E-state index in [0.29, 0.717) is 0 Å². The van der Waals surface area contributed by atoms with Crippen molar-refractivity contribution in [1.82, 2.24) is 5.32 Å². The topological polar surface area (TPSA) is 38.0 Å². The standard InChI is InChI=1S/C9H18N2/c10-6-3-7-11-8-9-4-1-2-5-9/h1-2,9,11H,3-8,10H2. The van der Waals surface area contributed by atoms with Crippen LogP contribution in [0.3, 0.4) is 0 Å². The molecule has 0 aromatic carbocycles. The summed E-state index contributed by atoms with van der Waals surface area (Å²) in [6, 6.07) is 0. The van der Waals surface area contributed by atoms with E-state index in [4.69, 9.17) is 5.73 Å². The molecule has 1 aliphatic carbocycles. The molecule has 1 aliphatic rings. The first kappa shape index (κ1) is 8.75. The summed E-state index contributed by atoms with van der Waals surface area (Å²) >= 11 is 0.